The van der Waals surface area contributed by atoms with Crippen molar-refractivity contribution in [2.24, 2.45) is 0 Å². The lowest BCUT2D eigenvalue weighted by Gasteiger charge is -2.03. The molecule has 2 aromatic carbocycles. The fourth-order valence-corrected chi connectivity index (χ4v) is 4.16. The summed E-state index contributed by atoms with van der Waals surface area (Å²) in [6.45, 7) is 0. The van der Waals surface area contributed by atoms with Crippen LogP contribution in [0.5, 0.6) is 11.5 Å². The number of hydrogen-bond acceptors (Lipinski definition) is 8. The number of fused-ring (bicyclic) bond motifs is 1. The van der Waals surface area contributed by atoms with E-state index in [1.165, 1.54) is 11.3 Å². The summed E-state index contributed by atoms with van der Waals surface area (Å²) in [6.07, 6.45) is 0. The minimum Gasteiger partial charge on any atom is -0.496 e. The maximum absolute atomic E-state index is 5.39. The van der Waals surface area contributed by atoms with Crippen LogP contribution in [0.2, 0.25) is 0 Å². The highest BCUT2D eigenvalue weighted by Crippen LogP contribution is 2.36. The predicted octanol–water partition coefficient (Wildman–Crippen LogP) is 4.58. The Hall–Kier alpha value is -2.71. The molecule has 0 radical (unpaired) electrons. The van der Waals surface area contributed by atoms with Crippen LogP contribution in [-0.2, 0) is 0 Å². The molecule has 4 rings (SSSR count). The Morgan fingerprint density at radius 3 is 2.48 bits per heavy atom. The van der Waals surface area contributed by atoms with E-state index in [1.54, 1.807) is 25.6 Å². The number of anilines is 2. The largest absolute Gasteiger partial charge is 0.496 e. The van der Waals surface area contributed by atoms with Crippen LogP contribution >= 0.6 is 22.7 Å². The number of methoxy groups -OCH3 is 2. The van der Waals surface area contributed by atoms with Gasteiger partial charge in [0, 0.05) is 0 Å². The second-order valence-corrected chi connectivity index (χ2v) is 7.07. The predicted molar refractivity (Wildman–Crippen MR) is 101 cm³/mol. The molecule has 6 nitrogen and oxygen atoms in total. The van der Waals surface area contributed by atoms with Crippen molar-refractivity contribution in [1.82, 2.24) is 15.2 Å². The van der Waals surface area contributed by atoms with Gasteiger partial charge >= 0.3 is 0 Å². The van der Waals surface area contributed by atoms with Gasteiger partial charge in [-0.25, -0.2) is 4.98 Å². The number of hydrogen-bond donors (Lipinski definition) is 1. The molecule has 8 heteroatoms. The number of thiazole rings is 1. The summed E-state index contributed by atoms with van der Waals surface area (Å²) in [5.74, 6) is 1.53. The molecule has 0 fully saturated rings. The summed E-state index contributed by atoms with van der Waals surface area (Å²) in [5, 5.41) is 13.9. The molecule has 0 saturated heterocycles. The third kappa shape index (κ3) is 3.01. The van der Waals surface area contributed by atoms with Crippen molar-refractivity contribution in [2.75, 3.05) is 19.5 Å². The minimum absolute atomic E-state index is 0.680. The molecule has 0 saturated carbocycles. The summed E-state index contributed by atoms with van der Waals surface area (Å²) in [7, 11) is 3.29. The Bertz CT molecular complexity index is 1030. The Kier molecular flexibility index (Phi) is 4.21. The molecule has 0 unspecified atom stereocenters. The average molecular weight is 370 g/mol. The summed E-state index contributed by atoms with van der Waals surface area (Å²) >= 11 is 3.00. The van der Waals surface area contributed by atoms with Crippen LogP contribution in [0.1, 0.15) is 0 Å². The molecule has 0 aliphatic carbocycles. The van der Waals surface area contributed by atoms with Crippen molar-refractivity contribution in [3.05, 3.63) is 42.5 Å². The fourth-order valence-electron chi connectivity index (χ4n) is 2.44. The monoisotopic (exact) mass is 370 g/mol. The summed E-state index contributed by atoms with van der Waals surface area (Å²) in [4.78, 5) is 4.59. The van der Waals surface area contributed by atoms with E-state index >= 15 is 0 Å². The fraction of sp³-hybridized carbons (Fsp3) is 0.118. The van der Waals surface area contributed by atoms with Crippen molar-refractivity contribution in [1.29, 1.82) is 0 Å². The number of ether oxygens (including phenoxy) is 2. The van der Waals surface area contributed by atoms with Crippen LogP contribution in [0.25, 0.3) is 20.8 Å². The van der Waals surface area contributed by atoms with Gasteiger partial charge in [-0.2, -0.15) is 0 Å². The van der Waals surface area contributed by atoms with Crippen molar-refractivity contribution in [3.8, 4) is 22.1 Å². The Labute approximate surface area is 152 Å². The third-order valence-corrected chi connectivity index (χ3v) is 5.39. The highest BCUT2D eigenvalue weighted by molar-refractivity contribution is 7.23. The summed E-state index contributed by atoms with van der Waals surface area (Å²) < 4.78 is 11.8. The van der Waals surface area contributed by atoms with E-state index in [4.69, 9.17) is 9.47 Å². The molecule has 0 aliphatic heterocycles. The van der Waals surface area contributed by atoms with Crippen LogP contribution in [-0.4, -0.2) is 29.4 Å². The van der Waals surface area contributed by atoms with Gasteiger partial charge in [0.2, 0.25) is 5.13 Å². The second kappa shape index (κ2) is 6.66. The van der Waals surface area contributed by atoms with Gasteiger partial charge in [0.15, 0.2) is 10.1 Å². The van der Waals surface area contributed by atoms with E-state index < -0.39 is 0 Å². The van der Waals surface area contributed by atoms with Gasteiger partial charge in [0.25, 0.3) is 0 Å². The van der Waals surface area contributed by atoms with Gasteiger partial charge in [-0.3, -0.25) is 0 Å². The maximum atomic E-state index is 5.39. The van der Waals surface area contributed by atoms with Crippen molar-refractivity contribution in [3.63, 3.8) is 0 Å². The first-order valence-electron chi connectivity index (χ1n) is 7.46. The van der Waals surface area contributed by atoms with Crippen molar-refractivity contribution < 1.29 is 9.47 Å². The lowest BCUT2D eigenvalue weighted by molar-refractivity contribution is 0.416. The number of aromatic nitrogens is 3. The van der Waals surface area contributed by atoms with E-state index in [2.05, 4.69) is 20.5 Å². The molecule has 25 heavy (non-hydrogen) atoms. The van der Waals surface area contributed by atoms with Crippen molar-refractivity contribution >= 4 is 43.2 Å². The van der Waals surface area contributed by atoms with E-state index in [-0.39, 0.29) is 0 Å². The SMILES string of the molecule is COc1ccccc1-c1nnc(Nc2nc3c(OC)cccc3s2)s1. The summed E-state index contributed by atoms with van der Waals surface area (Å²) in [5.41, 5.74) is 1.76. The number of benzene rings is 2. The zero-order chi connectivity index (χ0) is 17.2. The number of rotatable bonds is 5. The zero-order valence-corrected chi connectivity index (χ0v) is 15.1. The third-order valence-electron chi connectivity index (χ3n) is 3.58. The molecular formula is C17H14N4O2S2. The molecule has 0 atom stereocenters. The standard InChI is InChI=1S/C17H14N4O2S2/c1-22-11-7-4-3-6-10(11)15-20-21-17(25-15)19-16-18-14-12(23-2)8-5-9-13(14)24-16/h3-9H,1-2H3,(H,18,19,21). The smallest absolute Gasteiger partial charge is 0.212 e. The molecule has 0 aliphatic rings. The number of nitrogens with one attached hydrogen (secondary N) is 1. The first-order valence-corrected chi connectivity index (χ1v) is 9.09. The van der Waals surface area contributed by atoms with Crippen LogP contribution in [0, 0.1) is 0 Å². The molecular weight excluding hydrogens is 356 g/mol. The molecule has 2 heterocycles. The highest BCUT2D eigenvalue weighted by Gasteiger charge is 2.13. The molecule has 2 aromatic heterocycles. The van der Waals surface area contributed by atoms with Gasteiger partial charge in [-0.15, -0.1) is 10.2 Å². The van der Waals surface area contributed by atoms with E-state index in [0.717, 1.165) is 37.4 Å². The average Bonchev–Trinajstić information content (AvgIpc) is 3.28. The van der Waals surface area contributed by atoms with E-state index in [9.17, 15) is 0 Å². The minimum atomic E-state index is 0.680. The van der Waals surface area contributed by atoms with E-state index in [0.29, 0.717) is 5.13 Å². The molecule has 0 bridgehead atoms. The van der Waals surface area contributed by atoms with Gasteiger partial charge in [-0.05, 0) is 24.3 Å². The van der Waals surface area contributed by atoms with Gasteiger partial charge < -0.3 is 14.8 Å². The number of nitrogens with zero attached hydrogens (tertiary/aromatic N) is 3. The van der Waals surface area contributed by atoms with Gasteiger partial charge in [0.05, 0.1) is 24.5 Å². The molecule has 1 N–H and O–H groups in total. The first kappa shape index (κ1) is 15.8. The van der Waals surface area contributed by atoms with Crippen LogP contribution in [0.4, 0.5) is 10.3 Å². The molecule has 0 spiro atoms. The normalized spacial score (nSPS) is 10.8. The topological polar surface area (TPSA) is 69.2 Å². The lowest BCUT2D eigenvalue weighted by Crippen LogP contribution is -1.88. The molecule has 4 aromatic rings. The van der Waals surface area contributed by atoms with Gasteiger partial charge in [-0.1, -0.05) is 40.9 Å². The highest BCUT2D eigenvalue weighted by atomic mass is 32.1. The quantitative estimate of drug-likeness (QED) is 0.555. The van der Waals surface area contributed by atoms with Crippen LogP contribution in [0.3, 0.4) is 0 Å². The Balaban J connectivity index is 1.63. The second-order valence-electron chi connectivity index (χ2n) is 5.06. The van der Waals surface area contributed by atoms with Crippen molar-refractivity contribution in [2.45, 2.75) is 0 Å². The lowest BCUT2D eigenvalue weighted by atomic mass is 10.2. The van der Waals surface area contributed by atoms with Gasteiger partial charge in [0.1, 0.15) is 17.0 Å². The first-order chi connectivity index (χ1) is 12.3. The zero-order valence-electron chi connectivity index (χ0n) is 13.5. The Morgan fingerprint density at radius 2 is 1.64 bits per heavy atom. The maximum Gasteiger partial charge on any atom is 0.212 e. The Morgan fingerprint density at radius 1 is 0.840 bits per heavy atom. The van der Waals surface area contributed by atoms with Crippen LogP contribution in [0.15, 0.2) is 42.5 Å². The molecule has 126 valence electrons. The van der Waals surface area contributed by atoms with Crippen LogP contribution < -0.4 is 14.8 Å². The summed E-state index contributed by atoms with van der Waals surface area (Å²) in [6, 6.07) is 13.6. The molecule has 0 amide bonds. The number of para-hydroxylation sites is 2. The van der Waals surface area contributed by atoms with E-state index in [1.807, 2.05) is 42.5 Å².